The number of carboxylic acids is 1. The fourth-order valence-electron chi connectivity index (χ4n) is 1.94. The summed E-state index contributed by atoms with van der Waals surface area (Å²) in [5, 5.41) is 14.1. The lowest BCUT2D eigenvalue weighted by atomic mass is 9.99. The van der Waals surface area contributed by atoms with E-state index in [4.69, 9.17) is 10.8 Å². The van der Waals surface area contributed by atoms with Crippen molar-refractivity contribution in [1.29, 1.82) is 0 Å². The van der Waals surface area contributed by atoms with Crippen molar-refractivity contribution < 1.29 is 19.5 Å². The van der Waals surface area contributed by atoms with Gasteiger partial charge in [0.15, 0.2) is 0 Å². The molecule has 0 aromatic heterocycles. The van der Waals surface area contributed by atoms with E-state index in [0.717, 1.165) is 12.8 Å². The number of urea groups is 1. The predicted octanol–water partition coefficient (Wildman–Crippen LogP) is 0.193. The maximum Gasteiger partial charge on any atom is 0.326 e. The molecule has 19 heavy (non-hydrogen) atoms. The Morgan fingerprint density at radius 3 is 2.37 bits per heavy atom. The standard InChI is InChI=1S/C12H21N3O4/c1-12(2,7-3-4-7)15-11(19)14-8(10(17)18)5-6-9(13)16/h7-8H,3-6H2,1-2H3,(H2,13,16)(H,17,18)(H2,14,15,19)/t8-/m1/s1. The van der Waals surface area contributed by atoms with Gasteiger partial charge in [0.05, 0.1) is 0 Å². The zero-order valence-corrected chi connectivity index (χ0v) is 11.2. The molecule has 1 aliphatic carbocycles. The topological polar surface area (TPSA) is 122 Å². The number of rotatable bonds is 7. The third-order valence-corrected chi connectivity index (χ3v) is 3.32. The smallest absolute Gasteiger partial charge is 0.326 e. The highest BCUT2D eigenvalue weighted by atomic mass is 16.4. The lowest BCUT2D eigenvalue weighted by Gasteiger charge is -2.27. The molecule has 7 nitrogen and oxygen atoms in total. The van der Waals surface area contributed by atoms with Gasteiger partial charge < -0.3 is 21.5 Å². The van der Waals surface area contributed by atoms with Crippen LogP contribution in [-0.4, -0.2) is 34.6 Å². The SMILES string of the molecule is CC(C)(NC(=O)N[C@H](CCC(N)=O)C(=O)O)C1CC1. The molecule has 1 rings (SSSR count). The second kappa shape index (κ2) is 5.90. The Kier molecular flexibility index (Phi) is 4.74. The van der Waals surface area contributed by atoms with Crippen LogP contribution in [-0.2, 0) is 9.59 Å². The van der Waals surface area contributed by atoms with E-state index in [-0.39, 0.29) is 18.4 Å². The Hall–Kier alpha value is -1.79. The molecule has 0 bridgehead atoms. The van der Waals surface area contributed by atoms with Gasteiger partial charge in [-0.15, -0.1) is 0 Å². The van der Waals surface area contributed by atoms with Gasteiger partial charge in [0.2, 0.25) is 5.91 Å². The van der Waals surface area contributed by atoms with E-state index in [9.17, 15) is 14.4 Å². The molecular formula is C12H21N3O4. The van der Waals surface area contributed by atoms with Gasteiger partial charge in [-0.2, -0.15) is 0 Å². The van der Waals surface area contributed by atoms with Crippen LogP contribution in [0.2, 0.25) is 0 Å². The van der Waals surface area contributed by atoms with Crippen LogP contribution in [0.1, 0.15) is 39.5 Å². The Morgan fingerprint density at radius 2 is 1.95 bits per heavy atom. The largest absolute Gasteiger partial charge is 0.480 e. The van der Waals surface area contributed by atoms with Gasteiger partial charge in [-0.3, -0.25) is 4.79 Å². The molecule has 0 radical (unpaired) electrons. The molecule has 1 aliphatic rings. The van der Waals surface area contributed by atoms with Gasteiger partial charge in [-0.1, -0.05) is 0 Å². The molecule has 108 valence electrons. The van der Waals surface area contributed by atoms with Crippen LogP contribution in [0.15, 0.2) is 0 Å². The molecule has 0 unspecified atom stereocenters. The first kappa shape index (κ1) is 15.3. The summed E-state index contributed by atoms with van der Waals surface area (Å²) in [7, 11) is 0. The van der Waals surface area contributed by atoms with Crippen LogP contribution in [0.3, 0.4) is 0 Å². The van der Waals surface area contributed by atoms with Crippen LogP contribution in [0.25, 0.3) is 0 Å². The summed E-state index contributed by atoms with van der Waals surface area (Å²) in [6.07, 6.45) is 2.04. The minimum atomic E-state index is -1.18. The summed E-state index contributed by atoms with van der Waals surface area (Å²) in [6.45, 7) is 3.81. The first-order valence-electron chi connectivity index (χ1n) is 6.32. The quantitative estimate of drug-likeness (QED) is 0.528. The normalized spacial score (nSPS) is 16.5. The summed E-state index contributed by atoms with van der Waals surface area (Å²) in [4.78, 5) is 33.4. The zero-order chi connectivity index (χ0) is 14.6. The number of nitrogens with one attached hydrogen (secondary N) is 2. The molecule has 0 aromatic carbocycles. The minimum absolute atomic E-state index is 0.0120. The van der Waals surface area contributed by atoms with Crippen LogP contribution < -0.4 is 16.4 Å². The summed E-state index contributed by atoms with van der Waals surface area (Å²) in [5.41, 5.74) is 4.61. The highest BCUT2D eigenvalue weighted by Gasteiger charge is 2.39. The number of primary amides is 1. The summed E-state index contributed by atoms with van der Waals surface area (Å²) < 4.78 is 0. The van der Waals surface area contributed by atoms with E-state index in [1.54, 1.807) is 0 Å². The molecular weight excluding hydrogens is 250 g/mol. The Bertz CT molecular complexity index is 377. The molecule has 1 fully saturated rings. The Balaban J connectivity index is 2.46. The lowest BCUT2D eigenvalue weighted by Crippen LogP contribution is -2.53. The van der Waals surface area contributed by atoms with Gasteiger partial charge in [0, 0.05) is 12.0 Å². The molecule has 0 heterocycles. The van der Waals surface area contributed by atoms with Crippen LogP contribution in [0.4, 0.5) is 4.79 Å². The van der Waals surface area contributed by atoms with Gasteiger partial charge in [-0.25, -0.2) is 9.59 Å². The Morgan fingerprint density at radius 1 is 1.37 bits per heavy atom. The van der Waals surface area contributed by atoms with Crippen molar-refractivity contribution in [3.63, 3.8) is 0 Å². The van der Waals surface area contributed by atoms with E-state index < -0.39 is 23.9 Å². The number of amides is 3. The monoisotopic (exact) mass is 271 g/mol. The van der Waals surface area contributed by atoms with Crippen molar-refractivity contribution in [3.8, 4) is 0 Å². The molecule has 3 amide bonds. The summed E-state index contributed by atoms with van der Waals surface area (Å²) >= 11 is 0. The van der Waals surface area contributed by atoms with Crippen molar-refractivity contribution >= 4 is 17.9 Å². The number of hydrogen-bond acceptors (Lipinski definition) is 3. The first-order valence-corrected chi connectivity index (χ1v) is 6.32. The van der Waals surface area contributed by atoms with E-state index in [0.29, 0.717) is 5.92 Å². The van der Waals surface area contributed by atoms with Gasteiger partial charge in [0.25, 0.3) is 0 Å². The number of hydrogen-bond donors (Lipinski definition) is 4. The van der Waals surface area contributed by atoms with Crippen molar-refractivity contribution in [3.05, 3.63) is 0 Å². The molecule has 1 saturated carbocycles. The van der Waals surface area contributed by atoms with Gasteiger partial charge in [-0.05, 0) is 39.0 Å². The predicted molar refractivity (Wildman–Crippen MR) is 68.3 cm³/mol. The zero-order valence-electron chi connectivity index (χ0n) is 11.2. The molecule has 5 N–H and O–H groups in total. The second-order valence-electron chi connectivity index (χ2n) is 5.49. The van der Waals surface area contributed by atoms with E-state index in [2.05, 4.69) is 10.6 Å². The van der Waals surface area contributed by atoms with Gasteiger partial charge >= 0.3 is 12.0 Å². The number of aliphatic carboxylic acids is 1. The Labute approximate surface area is 111 Å². The van der Waals surface area contributed by atoms with Crippen LogP contribution in [0, 0.1) is 5.92 Å². The minimum Gasteiger partial charge on any atom is -0.480 e. The number of carbonyl (C=O) groups excluding carboxylic acids is 2. The number of nitrogens with two attached hydrogens (primary N) is 1. The summed E-state index contributed by atoms with van der Waals surface area (Å²) in [6, 6.07) is -1.64. The third kappa shape index (κ3) is 5.15. The molecule has 0 aromatic rings. The molecule has 7 heteroatoms. The van der Waals surface area contributed by atoms with Crippen molar-refractivity contribution in [1.82, 2.24) is 10.6 Å². The highest BCUT2D eigenvalue weighted by molar-refractivity contribution is 5.83. The van der Waals surface area contributed by atoms with Crippen molar-refractivity contribution in [2.45, 2.75) is 51.1 Å². The maximum absolute atomic E-state index is 11.7. The summed E-state index contributed by atoms with van der Waals surface area (Å²) in [5.74, 6) is -1.33. The fraction of sp³-hybridized carbons (Fsp3) is 0.750. The van der Waals surface area contributed by atoms with E-state index >= 15 is 0 Å². The van der Waals surface area contributed by atoms with Crippen LogP contribution in [0.5, 0.6) is 0 Å². The average molecular weight is 271 g/mol. The van der Waals surface area contributed by atoms with Gasteiger partial charge in [0.1, 0.15) is 6.04 Å². The number of carbonyl (C=O) groups is 3. The second-order valence-corrected chi connectivity index (χ2v) is 5.49. The molecule has 0 saturated heterocycles. The van der Waals surface area contributed by atoms with E-state index in [1.165, 1.54) is 0 Å². The maximum atomic E-state index is 11.7. The van der Waals surface area contributed by atoms with E-state index in [1.807, 2.05) is 13.8 Å². The fourth-order valence-corrected chi connectivity index (χ4v) is 1.94. The highest BCUT2D eigenvalue weighted by Crippen LogP contribution is 2.39. The third-order valence-electron chi connectivity index (χ3n) is 3.32. The lowest BCUT2D eigenvalue weighted by molar-refractivity contribution is -0.139. The molecule has 1 atom stereocenters. The van der Waals surface area contributed by atoms with Crippen molar-refractivity contribution in [2.24, 2.45) is 11.7 Å². The molecule has 0 spiro atoms. The van der Waals surface area contributed by atoms with Crippen molar-refractivity contribution in [2.75, 3.05) is 0 Å². The van der Waals surface area contributed by atoms with Crippen LogP contribution >= 0.6 is 0 Å². The average Bonchev–Trinajstić information content (AvgIpc) is 3.06. The molecule has 0 aliphatic heterocycles. The first-order chi connectivity index (χ1) is 8.72. The number of carboxylic acid groups (broad SMARTS) is 1.